The van der Waals surface area contributed by atoms with Crippen molar-refractivity contribution in [3.63, 3.8) is 0 Å². The molecule has 1 amide bonds. The smallest absolute Gasteiger partial charge is 0.312 e. The number of ether oxygens (including phenoxy) is 1. The third-order valence-corrected chi connectivity index (χ3v) is 6.37. The Bertz CT molecular complexity index is 981. The van der Waals surface area contributed by atoms with Crippen LogP contribution in [0.1, 0.15) is 23.7 Å². The van der Waals surface area contributed by atoms with Crippen LogP contribution < -0.4 is 0 Å². The number of amides is 1. The third-order valence-electron chi connectivity index (χ3n) is 4.74. The number of rotatable bonds is 5. The first-order chi connectivity index (χ1) is 13.6. The van der Waals surface area contributed by atoms with E-state index in [9.17, 15) is 9.59 Å². The van der Waals surface area contributed by atoms with Crippen molar-refractivity contribution in [3.05, 3.63) is 63.3 Å². The molecule has 0 N–H and O–H groups in total. The molecule has 0 fully saturated rings. The first-order valence-electron chi connectivity index (χ1n) is 9.12. The van der Waals surface area contributed by atoms with Crippen LogP contribution in [0.15, 0.2) is 46.5 Å². The Morgan fingerprint density at radius 1 is 1.21 bits per heavy atom. The van der Waals surface area contributed by atoms with Gasteiger partial charge in [-0.15, -0.1) is 11.3 Å². The second-order valence-electron chi connectivity index (χ2n) is 6.74. The van der Waals surface area contributed by atoms with E-state index >= 15 is 0 Å². The van der Waals surface area contributed by atoms with Gasteiger partial charge in [-0.25, -0.2) is 4.98 Å². The monoisotopic (exact) mass is 412 g/mol. The number of esters is 1. The largest absolute Gasteiger partial charge is 0.452 e. The van der Waals surface area contributed by atoms with Gasteiger partial charge >= 0.3 is 5.97 Å². The van der Waals surface area contributed by atoms with Gasteiger partial charge in [0.1, 0.15) is 5.01 Å². The van der Waals surface area contributed by atoms with Crippen LogP contribution in [-0.2, 0) is 33.7 Å². The lowest BCUT2D eigenvalue weighted by Crippen LogP contribution is -2.42. The average Bonchev–Trinajstić information content (AvgIpc) is 3.38. The number of fused-ring (bicyclic) bond motifs is 1. The van der Waals surface area contributed by atoms with Crippen LogP contribution in [-0.4, -0.2) is 34.4 Å². The maximum atomic E-state index is 12.7. The van der Waals surface area contributed by atoms with E-state index in [1.807, 2.05) is 40.4 Å². The molecule has 0 bridgehead atoms. The number of hydrogen-bond donors (Lipinski definition) is 0. The van der Waals surface area contributed by atoms with Crippen LogP contribution in [0, 0.1) is 0 Å². The molecule has 2 aromatic heterocycles. The van der Waals surface area contributed by atoms with Gasteiger partial charge in [0.25, 0.3) is 5.91 Å². The highest BCUT2D eigenvalue weighted by atomic mass is 32.1. The summed E-state index contributed by atoms with van der Waals surface area (Å²) in [6.07, 6.45) is 0.0983. The number of thiophene rings is 1. The summed E-state index contributed by atoms with van der Waals surface area (Å²) in [5.41, 5.74) is 4.16. The van der Waals surface area contributed by atoms with E-state index in [-0.39, 0.29) is 12.3 Å². The van der Waals surface area contributed by atoms with Gasteiger partial charge in [-0.05, 0) is 35.9 Å². The Labute approximate surface area is 171 Å². The zero-order valence-electron chi connectivity index (χ0n) is 15.5. The van der Waals surface area contributed by atoms with Crippen LogP contribution in [0.5, 0.6) is 0 Å². The number of aromatic nitrogens is 1. The van der Waals surface area contributed by atoms with Crippen molar-refractivity contribution >= 4 is 34.6 Å². The van der Waals surface area contributed by atoms with Gasteiger partial charge in [0, 0.05) is 29.4 Å². The average molecular weight is 413 g/mol. The molecule has 4 rings (SSSR count). The summed E-state index contributed by atoms with van der Waals surface area (Å²) in [6, 6.07) is 10.1. The number of benzene rings is 1. The van der Waals surface area contributed by atoms with E-state index < -0.39 is 12.1 Å². The van der Waals surface area contributed by atoms with Crippen molar-refractivity contribution in [2.75, 3.05) is 6.54 Å². The van der Waals surface area contributed by atoms with E-state index in [1.165, 1.54) is 16.9 Å². The maximum Gasteiger partial charge on any atom is 0.312 e. The summed E-state index contributed by atoms with van der Waals surface area (Å²) >= 11 is 3.11. The number of thiazole rings is 1. The lowest BCUT2D eigenvalue weighted by Gasteiger charge is -2.30. The third kappa shape index (κ3) is 4.15. The maximum absolute atomic E-state index is 12.7. The lowest BCUT2D eigenvalue weighted by atomic mass is 9.99. The highest BCUT2D eigenvalue weighted by Gasteiger charge is 2.27. The molecule has 0 aliphatic carbocycles. The molecule has 0 saturated carbocycles. The van der Waals surface area contributed by atoms with Crippen molar-refractivity contribution in [1.29, 1.82) is 0 Å². The second-order valence-corrected chi connectivity index (χ2v) is 8.38. The normalized spacial score (nSPS) is 14.4. The molecule has 0 unspecified atom stereocenters. The first-order valence-corrected chi connectivity index (χ1v) is 10.9. The zero-order valence-corrected chi connectivity index (χ0v) is 17.1. The highest BCUT2D eigenvalue weighted by Crippen LogP contribution is 2.26. The minimum absolute atomic E-state index is 0.0705. The number of hydrogen-bond acceptors (Lipinski definition) is 6. The minimum atomic E-state index is -0.798. The Morgan fingerprint density at radius 3 is 2.82 bits per heavy atom. The minimum Gasteiger partial charge on any atom is -0.452 e. The molecule has 3 heterocycles. The van der Waals surface area contributed by atoms with Gasteiger partial charge in [-0.3, -0.25) is 9.59 Å². The van der Waals surface area contributed by atoms with Crippen LogP contribution in [0.2, 0.25) is 0 Å². The number of carbonyl (C=O) groups is 2. The standard InChI is InChI=1S/C21H20N2O3S2/c1-14(21(25)23-8-6-15-4-2-3-5-16(15)11-23)26-19(24)10-18-13-28-20(22-18)17-7-9-27-12-17/h2-5,7,9,12-14H,6,8,10-11H2,1H3/t14-/m0/s1. The van der Waals surface area contributed by atoms with Gasteiger partial charge in [-0.1, -0.05) is 24.3 Å². The summed E-state index contributed by atoms with van der Waals surface area (Å²) < 4.78 is 5.39. The molecule has 7 heteroatoms. The molecule has 144 valence electrons. The predicted octanol–water partition coefficient (Wildman–Crippen LogP) is 3.93. The van der Waals surface area contributed by atoms with Gasteiger partial charge in [0.05, 0.1) is 12.1 Å². The Balaban J connectivity index is 1.32. The topological polar surface area (TPSA) is 59.5 Å². The summed E-state index contributed by atoms with van der Waals surface area (Å²) in [7, 11) is 0. The first kappa shape index (κ1) is 18.8. The lowest BCUT2D eigenvalue weighted by molar-refractivity contribution is -0.159. The van der Waals surface area contributed by atoms with Crippen molar-refractivity contribution in [2.45, 2.75) is 32.4 Å². The molecule has 1 aliphatic rings. The van der Waals surface area contributed by atoms with Crippen molar-refractivity contribution in [1.82, 2.24) is 9.88 Å². The van der Waals surface area contributed by atoms with Crippen LogP contribution in [0.25, 0.3) is 10.6 Å². The predicted molar refractivity (Wildman–Crippen MR) is 110 cm³/mol. The van der Waals surface area contributed by atoms with E-state index in [0.29, 0.717) is 18.8 Å². The fraction of sp³-hybridized carbons (Fsp3) is 0.286. The van der Waals surface area contributed by atoms with Crippen molar-refractivity contribution in [3.8, 4) is 10.6 Å². The molecule has 28 heavy (non-hydrogen) atoms. The molecule has 0 radical (unpaired) electrons. The number of nitrogens with zero attached hydrogens (tertiary/aromatic N) is 2. The van der Waals surface area contributed by atoms with Gasteiger partial charge in [-0.2, -0.15) is 11.3 Å². The molecule has 5 nitrogen and oxygen atoms in total. The van der Waals surface area contributed by atoms with Crippen LogP contribution >= 0.6 is 22.7 Å². The van der Waals surface area contributed by atoms with E-state index in [4.69, 9.17) is 4.74 Å². The Kier molecular flexibility index (Phi) is 5.54. The molecule has 0 spiro atoms. The van der Waals surface area contributed by atoms with Crippen molar-refractivity contribution < 1.29 is 14.3 Å². The summed E-state index contributed by atoms with van der Waals surface area (Å²) in [5.74, 6) is -0.583. The van der Waals surface area contributed by atoms with Gasteiger partial charge < -0.3 is 9.64 Å². The number of carbonyl (C=O) groups excluding carboxylic acids is 2. The fourth-order valence-electron chi connectivity index (χ4n) is 3.28. The molecule has 1 aromatic carbocycles. The molecular formula is C21H20N2O3S2. The zero-order chi connectivity index (χ0) is 19.5. The SMILES string of the molecule is C[C@H](OC(=O)Cc1csc(-c2ccsc2)n1)C(=O)N1CCc2ccccc2C1. The molecule has 1 aliphatic heterocycles. The molecular weight excluding hydrogens is 392 g/mol. The summed E-state index contributed by atoms with van der Waals surface area (Å²) in [4.78, 5) is 31.2. The fourth-order valence-corrected chi connectivity index (χ4v) is 4.82. The van der Waals surface area contributed by atoms with E-state index in [2.05, 4.69) is 11.1 Å². The second kappa shape index (κ2) is 8.24. The molecule has 3 aromatic rings. The summed E-state index contributed by atoms with van der Waals surface area (Å²) in [5, 5.41) is 6.78. The quantitative estimate of drug-likeness (QED) is 0.596. The van der Waals surface area contributed by atoms with Crippen LogP contribution in [0.4, 0.5) is 0 Å². The summed E-state index contributed by atoms with van der Waals surface area (Å²) in [6.45, 7) is 2.85. The van der Waals surface area contributed by atoms with Crippen LogP contribution in [0.3, 0.4) is 0 Å². The molecule has 0 saturated heterocycles. The highest BCUT2D eigenvalue weighted by molar-refractivity contribution is 7.14. The Hall–Kier alpha value is -2.51. The van der Waals surface area contributed by atoms with Crippen molar-refractivity contribution in [2.24, 2.45) is 0 Å². The Morgan fingerprint density at radius 2 is 2.04 bits per heavy atom. The van der Waals surface area contributed by atoms with Gasteiger partial charge in [0.15, 0.2) is 6.10 Å². The van der Waals surface area contributed by atoms with E-state index in [0.717, 1.165) is 22.6 Å². The molecule has 1 atom stereocenters. The van der Waals surface area contributed by atoms with Gasteiger partial charge in [0.2, 0.25) is 0 Å². The van der Waals surface area contributed by atoms with E-state index in [1.54, 1.807) is 23.2 Å².